The molecule has 4 rings (SSSR count). The molecule has 1 aliphatic heterocycles. The first kappa shape index (κ1) is 16.7. The molecule has 0 saturated carbocycles. The molecule has 6 nitrogen and oxygen atoms in total. The lowest BCUT2D eigenvalue weighted by atomic mass is 9.93. The number of piperidine rings is 1. The van der Waals surface area contributed by atoms with E-state index in [9.17, 15) is 4.79 Å². The molecule has 1 saturated heterocycles. The minimum absolute atomic E-state index is 0.122. The normalized spacial score (nSPS) is 17.7. The maximum Gasteiger partial charge on any atom is 0.254 e. The highest BCUT2D eigenvalue weighted by Crippen LogP contribution is 2.28. The Kier molecular flexibility index (Phi) is 4.18. The number of benzene rings is 1. The van der Waals surface area contributed by atoms with Crippen LogP contribution in [0.15, 0.2) is 30.6 Å². The van der Waals surface area contributed by atoms with Crippen LogP contribution in [0.1, 0.15) is 51.6 Å². The van der Waals surface area contributed by atoms with Crippen LogP contribution >= 0.6 is 0 Å². The van der Waals surface area contributed by atoms with Crippen molar-refractivity contribution in [2.24, 2.45) is 0 Å². The van der Waals surface area contributed by atoms with Crippen molar-refractivity contribution in [3.63, 3.8) is 0 Å². The number of fused-ring (bicyclic) bond motifs is 1. The van der Waals surface area contributed by atoms with Gasteiger partial charge < -0.3 is 4.90 Å². The molecule has 6 heteroatoms. The van der Waals surface area contributed by atoms with Gasteiger partial charge in [-0.2, -0.15) is 10.1 Å². The second-order valence-corrected chi connectivity index (χ2v) is 7.20. The van der Waals surface area contributed by atoms with Crippen LogP contribution in [0.2, 0.25) is 0 Å². The zero-order valence-corrected chi connectivity index (χ0v) is 15.4. The Hall–Kier alpha value is -2.76. The monoisotopic (exact) mass is 349 g/mol. The minimum Gasteiger partial charge on any atom is -0.338 e. The molecular weight excluding hydrogens is 326 g/mol. The summed E-state index contributed by atoms with van der Waals surface area (Å²) in [6.45, 7) is 7.49. The van der Waals surface area contributed by atoms with E-state index in [0.717, 1.165) is 47.5 Å². The number of carbonyl (C=O) groups excluding carboxylic acids is 1. The van der Waals surface area contributed by atoms with Crippen LogP contribution in [-0.4, -0.2) is 43.5 Å². The SMILES string of the molecule is Cc1ccc(C)c(C(=O)N2CCCC(c3cc(C)nc4ncnn34)C2)c1. The fourth-order valence-electron chi connectivity index (χ4n) is 3.79. The highest BCUT2D eigenvalue weighted by molar-refractivity contribution is 5.96. The fourth-order valence-corrected chi connectivity index (χ4v) is 3.79. The Morgan fingerprint density at radius 2 is 2.04 bits per heavy atom. The van der Waals surface area contributed by atoms with E-state index in [1.807, 2.05) is 48.4 Å². The van der Waals surface area contributed by atoms with Gasteiger partial charge in [0.1, 0.15) is 6.33 Å². The predicted octanol–water partition coefficient (Wildman–Crippen LogP) is 3.07. The van der Waals surface area contributed by atoms with Crippen molar-refractivity contribution in [3.05, 3.63) is 58.7 Å². The third-order valence-corrected chi connectivity index (χ3v) is 5.16. The standard InChI is InChI=1S/C20H23N5O/c1-13-6-7-14(2)17(9-13)19(26)24-8-4-5-16(11-24)18-10-15(3)23-20-21-12-22-25(18)20/h6-7,9-10,12,16H,4-5,8,11H2,1-3H3. The molecule has 1 atom stereocenters. The third kappa shape index (κ3) is 2.96. The van der Waals surface area contributed by atoms with E-state index in [1.54, 1.807) is 0 Å². The number of rotatable bonds is 2. The van der Waals surface area contributed by atoms with E-state index < -0.39 is 0 Å². The number of aromatic nitrogens is 4. The Morgan fingerprint density at radius 1 is 1.19 bits per heavy atom. The minimum atomic E-state index is 0.122. The predicted molar refractivity (Wildman–Crippen MR) is 99.3 cm³/mol. The molecule has 0 radical (unpaired) electrons. The number of likely N-dealkylation sites (tertiary alicyclic amines) is 1. The number of amides is 1. The molecule has 0 aliphatic carbocycles. The van der Waals surface area contributed by atoms with Gasteiger partial charge in [0.15, 0.2) is 0 Å². The van der Waals surface area contributed by atoms with Crippen molar-refractivity contribution in [1.29, 1.82) is 0 Å². The van der Waals surface area contributed by atoms with Gasteiger partial charge >= 0.3 is 0 Å². The van der Waals surface area contributed by atoms with Crippen LogP contribution < -0.4 is 0 Å². The van der Waals surface area contributed by atoms with E-state index in [0.29, 0.717) is 12.3 Å². The Morgan fingerprint density at radius 3 is 2.88 bits per heavy atom. The summed E-state index contributed by atoms with van der Waals surface area (Å²) in [5.74, 6) is 0.984. The largest absolute Gasteiger partial charge is 0.338 e. The van der Waals surface area contributed by atoms with Crippen molar-refractivity contribution in [2.45, 2.75) is 39.5 Å². The Balaban J connectivity index is 1.64. The van der Waals surface area contributed by atoms with Crippen molar-refractivity contribution >= 4 is 11.7 Å². The van der Waals surface area contributed by atoms with E-state index in [-0.39, 0.29) is 11.8 Å². The molecule has 2 aromatic heterocycles. The molecule has 0 N–H and O–H groups in total. The van der Waals surface area contributed by atoms with Gasteiger partial charge in [-0.1, -0.05) is 17.7 Å². The van der Waals surface area contributed by atoms with E-state index in [1.165, 1.54) is 6.33 Å². The average molecular weight is 349 g/mol. The van der Waals surface area contributed by atoms with E-state index >= 15 is 0 Å². The molecular formula is C20H23N5O. The first-order valence-corrected chi connectivity index (χ1v) is 9.07. The van der Waals surface area contributed by atoms with Gasteiger partial charge in [-0.05, 0) is 51.3 Å². The van der Waals surface area contributed by atoms with Gasteiger partial charge in [0.25, 0.3) is 11.7 Å². The molecule has 134 valence electrons. The van der Waals surface area contributed by atoms with Crippen LogP contribution in [0.3, 0.4) is 0 Å². The van der Waals surface area contributed by atoms with Gasteiger partial charge in [0.2, 0.25) is 0 Å². The van der Waals surface area contributed by atoms with Crippen LogP contribution in [0.25, 0.3) is 5.78 Å². The molecule has 1 unspecified atom stereocenters. The summed E-state index contributed by atoms with van der Waals surface area (Å²) in [5.41, 5.74) is 4.96. The van der Waals surface area contributed by atoms with Gasteiger partial charge in [-0.15, -0.1) is 0 Å². The molecule has 26 heavy (non-hydrogen) atoms. The molecule has 0 spiro atoms. The highest BCUT2D eigenvalue weighted by atomic mass is 16.2. The zero-order valence-electron chi connectivity index (χ0n) is 15.4. The van der Waals surface area contributed by atoms with Gasteiger partial charge in [-0.25, -0.2) is 9.50 Å². The average Bonchev–Trinajstić information content (AvgIpc) is 3.11. The first-order chi connectivity index (χ1) is 12.5. The van der Waals surface area contributed by atoms with Crippen molar-refractivity contribution in [2.75, 3.05) is 13.1 Å². The number of hydrogen-bond donors (Lipinski definition) is 0. The summed E-state index contributed by atoms with van der Waals surface area (Å²) in [4.78, 5) is 23.7. The molecule has 1 aliphatic rings. The Labute approximate surface area is 152 Å². The van der Waals surface area contributed by atoms with Gasteiger partial charge in [-0.3, -0.25) is 4.79 Å². The van der Waals surface area contributed by atoms with Crippen molar-refractivity contribution in [3.8, 4) is 0 Å². The molecule has 0 bridgehead atoms. The quantitative estimate of drug-likeness (QED) is 0.713. The van der Waals surface area contributed by atoms with E-state index in [2.05, 4.69) is 21.1 Å². The van der Waals surface area contributed by atoms with Gasteiger partial charge in [0, 0.05) is 30.3 Å². The number of nitrogens with zero attached hydrogens (tertiary/aromatic N) is 5. The van der Waals surface area contributed by atoms with Crippen LogP contribution in [0.5, 0.6) is 0 Å². The topological polar surface area (TPSA) is 63.4 Å². The summed E-state index contributed by atoms with van der Waals surface area (Å²) in [6.07, 6.45) is 3.56. The van der Waals surface area contributed by atoms with Gasteiger partial charge in [0.05, 0.1) is 5.69 Å². The van der Waals surface area contributed by atoms with Crippen LogP contribution in [0, 0.1) is 20.8 Å². The maximum atomic E-state index is 13.1. The smallest absolute Gasteiger partial charge is 0.254 e. The van der Waals surface area contributed by atoms with Crippen molar-refractivity contribution in [1.82, 2.24) is 24.5 Å². The molecule has 3 aromatic rings. The second-order valence-electron chi connectivity index (χ2n) is 7.20. The summed E-state index contributed by atoms with van der Waals surface area (Å²) in [7, 11) is 0. The molecule has 1 fully saturated rings. The fraction of sp³-hybridized carbons (Fsp3) is 0.400. The zero-order chi connectivity index (χ0) is 18.3. The first-order valence-electron chi connectivity index (χ1n) is 9.07. The second kappa shape index (κ2) is 6.52. The molecule has 3 heterocycles. The van der Waals surface area contributed by atoms with E-state index in [4.69, 9.17) is 0 Å². The Bertz CT molecular complexity index is 977. The summed E-state index contributed by atoms with van der Waals surface area (Å²) in [5, 5.41) is 4.33. The molecule has 1 amide bonds. The third-order valence-electron chi connectivity index (χ3n) is 5.16. The van der Waals surface area contributed by atoms with Crippen LogP contribution in [-0.2, 0) is 0 Å². The maximum absolute atomic E-state index is 13.1. The summed E-state index contributed by atoms with van der Waals surface area (Å²) < 4.78 is 1.81. The summed E-state index contributed by atoms with van der Waals surface area (Å²) in [6, 6.07) is 8.13. The highest BCUT2D eigenvalue weighted by Gasteiger charge is 2.28. The lowest BCUT2D eigenvalue weighted by molar-refractivity contribution is 0.0704. The number of hydrogen-bond acceptors (Lipinski definition) is 4. The summed E-state index contributed by atoms with van der Waals surface area (Å²) >= 11 is 0. The number of carbonyl (C=O) groups is 1. The van der Waals surface area contributed by atoms with Crippen molar-refractivity contribution < 1.29 is 4.79 Å². The molecule has 1 aromatic carbocycles. The lowest BCUT2D eigenvalue weighted by Gasteiger charge is -2.33. The number of aryl methyl sites for hydroxylation is 3. The van der Waals surface area contributed by atoms with Crippen LogP contribution in [0.4, 0.5) is 0 Å². The lowest BCUT2D eigenvalue weighted by Crippen LogP contribution is -2.40.